The molecule has 4 aliphatic carbocycles. The van der Waals surface area contributed by atoms with Crippen molar-refractivity contribution in [3.05, 3.63) is 35.9 Å². The number of carbonyl (C=O) groups excluding carboxylic acids is 3. The fourth-order valence-corrected chi connectivity index (χ4v) is 8.48. The third-order valence-corrected chi connectivity index (χ3v) is 10.4. The van der Waals surface area contributed by atoms with Gasteiger partial charge in [-0.1, -0.05) is 18.2 Å². The summed E-state index contributed by atoms with van der Waals surface area (Å²) in [5.41, 5.74) is 0.382. The van der Waals surface area contributed by atoms with Gasteiger partial charge in [0.25, 0.3) is 5.91 Å². The van der Waals surface area contributed by atoms with Gasteiger partial charge in [-0.3, -0.25) is 9.59 Å². The predicted octanol–water partition coefficient (Wildman–Crippen LogP) is 3.11. The second-order valence-corrected chi connectivity index (χ2v) is 12.8. The molecule has 2 aliphatic heterocycles. The lowest BCUT2D eigenvalue weighted by Crippen LogP contribution is -2.61. The third kappa shape index (κ3) is 4.69. The minimum absolute atomic E-state index is 0.00899. The Kier molecular flexibility index (Phi) is 6.87. The van der Waals surface area contributed by atoms with E-state index in [0.717, 1.165) is 64.3 Å². The summed E-state index contributed by atoms with van der Waals surface area (Å²) >= 11 is 0. The monoisotopic (exact) mass is 522 g/mol. The van der Waals surface area contributed by atoms with Crippen molar-refractivity contribution in [2.45, 2.75) is 76.0 Å². The molecule has 0 spiro atoms. The van der Waals surface area contributed by atoms with Crippen LogP contribution in [-0.2, 0) is 4.79 Å². The van der Waals surface area contributed by atoms with Gasteiger partial charge in [-0.2, -0.15) is 0 Å². The van der Waals surface area contributed by atoms with E-state index in [-0.39, 0.29) is 53.3 Å². The molecule has 1 aromatic rings. The van der Waals surface area contributed by atoms with E-state index in [1.807, 2.05) is 52.1 Å². The van der Waals surface area contributed by atoms with E-state index < -0.39 is 0 Å². The van der Waals surface area contributed by atoms with Crippen LogP contribution in [0.4, 0.5) is 4.79 Å². The van der Waals surface area contributed by atoms with Crippen molar-refractivity contribution < 1.29 is 19.5 Å². The average molecular weight is 523 g/mol. The Morgan fingerprint density at radius 3 is 2.32 bits per heavy atom. The maximum atomic E-state index is 13.6. The molecule has 38 heavy (non-hydrogen) atoms. The standard InChI is InChI=1S/C30H42N4O4/c1-32(27(36)21-6-3-2-4-7-21)25-9-12-33(13-10-25)29(38)34-11-5-8-24(19-34)31-28(37)30-16-20-14-22(17-30)26(35)23(15-20)18-30/h2-4,6-7,20,22-26,35H,5,8-19H2,1H3,(H,31,37)/t20?,22-,23?,24+,26?,30?/m1/s1. The van der Waals surface area contributed by atoms with E-state index in [0.29, 0.717) is 31.1 Å². The summed E-state index contributed by atoms with van der Waals surface area (Å²) in [6.45, 7) is 2.56. The van der Waals surface area contributed by atoms with Crippen LogP contribution in [0.15, 0.2) is 30.3 Å². The molecule has 4 unspecified atom stereocenters. The Balaban J connectivity index is 1.01. The van der Waals surface area contributed by atoms with Crippen LogP contribution >= 0.6 is 0 Å². The molecule has 8 nitrogen and oxygen atoms in total. The Morgan fingerprint density at radius 1 is 0.947 bits per heavy atom. The summed E-state index contributed by atoms with van der Waals surface area (Å²) in [5, 5.41) is 13.9. The van der Waals surface area contributed by atoms with Crippen LogP contribution in [-0.4, -0.2) is 89.1 Å². The molecule has 0 radical (unpaired) electrons. The lowest BCUT2D eigenvalue weighted by molar-refractivity contribution is -0.163. The lowest BCUT2D eigenvalue weighted by Gasteiger charge is -2.58. The van der Waals surface area contributed by atoms with Crippen molar-refractivity contribution in [3.63, 3.8) is 0 Å². The first-order chi connectivity index (χ1) is 18.3. The zero-order valence-electron chi connectivity index (χ0n) is 22.6. The van der Waals surface area contributed by atoms with Crippen molar-refractivity contribution in [2.75, 3.05) is 33.2 Å². The second-order valence-electron chi connectivity index (χ2n) is 12.8. The predicted molar refractivity (Wildman–Crippen MR) is 143 cm³/mol. The van der Waals surface area contributed by atoms with Crippen molar-refractivity contribution in [1.82, 2.24) is 20.0 Å². The van der Waals surface area contributed by atoms with Gasteiger partial charge < -0.3 is 25.1 Å². The number of urea groups is 1. The van der Waals surface area contributed by atoms with Crippen molar-refractivity contribution >= 4 is 17.8 Å². The zero-order valence-corrected chi connectivity index (χ0v) is 22.6. The highest BCUT2D eigenvalue weighted by molar-refractivity contribution is 5.94. The van der Waals surface area contributed by atoms with Gasteiger partial charge in [-0.05, 0) is 87.7 Å². The maximum Gasteiger partial charge on any atom is 0.320 e. The van der Waals surface area contributed by atoms with Crippen LogP contribution in [0.3, 0.4) is 0 Å². The van der Waals surface area contributed by atoms with Gasteiger partial charge in [0.2, 0.25) is 5.91 Å². The van der Waals surface area contributed by atoms with Gasteiger partial charge in [0.05, 0.1) is 11.5 Å². The van der Waals surface area contributed by atoms with E-state index >= 15 is 0 Å². The van der Waals surface area contributed by atoms with Crippen LogP contribution in [0.1, 0.15) is 68.1 Å². The largest absolute Gasteiger partial charge is 0.393 e. The van der Waals surface area contributed by atoms with Gasteiger partial charge in [0.15, 0.2) is 0 Å². The number of amides is 4. The highest BCUT2D eigenvalue weighted by Gasteiger charge is 2.58. The highest BCUT2D eigenvalue weighted by Crippen LogP contribution is 2.60. The van der Waals surface area contributed by atoms with Gasteiger partial charge in [0.1, 0.15) is 0 Å². The molecule has 2 heterocycles. The molecule has 6 fully saturated rings. The first-order valence-corrected chi connectivity index (χ1v) is 14.7. The number of benzene rings is 1. The Morgan fingerprint density at radius 2 is 1.63 bits per heavy atom. The lowest BCUT2D eigenvalue weighted by atomic mass is 9.48. The third-order valence-electron chi connectivity index (χ3n) is 10.4. The minimum Gasteiger partial charge on any atom is -0.393 e. The van der Waals surface area contributed by atoms with E-state index in [9.17, 15) is 19.5 Å². The molecule has 6 atom stereocenters. The number of hydrogen-bond donors (Lipinski definition) is 2. The average Bonchev–Trinajstić information content (AvgIpc) is 2.95. The van der Waals surface area contributed by atoms with E-state index in [1.165, 1.54) is 0 Å². The number of carbonyl (C=O) groups is 3. The highest BCUT2D eigenvalue weighted by atomic mass is 16.3. The second kappa shape index (κ2) is 10.2. The number of aliphatic hydroxyl groups excluding tert-OH is 1. The summed E-state index contributed by atoms with van der Waals surface area (Å²) in [5.74, 6) is 1.33. The first kappa shape index (κ1) is 25.7. The quantitative estimate of drug-likeness (QED) is 0.636. The first-order valence-electron chi connectivity index (χ1n) is 14.7. The van der Waals surface area contributed by atoms with Crippen LogP contribution < -0.4 is 5.32 Å². The molecule has 2 saturated heterocycles. The number of piperidine rings is 2. The van der Waals surface area contributed by atoms with Gasteiger partial charge >= 0.3 is 6.03 Å². The number of likely N-dealkylation sites (tertiary alicyclic amines) is 2. The van der Waals surface area contributed by atoms with Crippen molar-refractivity contribution in [3.8, 4) is 0 Å². The number of rotatable bonds is 4. The van der Waals surface area contributed by atoms with Crippen LogP contribution in [0.25, 0.3) is 0 Å². The van der Waals surface area contributed by atoms with Crippen molar-refractivity contribution in [1.29, 1.82) is 0 Å². The van der Waals surface area contributed by atoms with E-state index in [1.54, 1.807) is 0 Å². The van der Waals surface area contributed by atoms with Gasteiger partial charge in [-0.25, -0.2) is 4.79 Å². The smallest absolute Gasteiger partial charge is 0.320 e. The molecule has 7 rings (SSSR count). The Labute approximate surface area is 225 Å². The Hall–Kier alpha value is -2.61. The molecule has 4 amide bonds. The normalized spacial score (nSPS) is 34.7. The molecule has 206 valence electrons. The summed E-state index contributed by atoms with van der Waals surface area (Å²) in [7, 11) is 1.86. The molecule has 4 saturated carbocycles. The van der Waals surface area contributed by atoms with Crippen molar-refractivity contribution in [2.24, 2.45) is 23.2 Å². The fraction of sp³-hybridized carbons (Fsp3) is 0.700. The molecule has 4 bridgehead atoms. The van der Waals surface area contributed by atoms with E-state index in [2.05, 4.69) is 5.32 Å². The fourth-order valence-electron chi connectivity index (χ4n) is 8.48. The number of aliphatic hydroxyl groups is 1. The molecule has 2 N–H and O–H groups in total. The Bertz CT molecular complexity index is 1040. The molecule has 1 aromatic carbocycles. The minimum atomic E-state index is -0.312. The SMILES string of the molecule is CN(C(=O)c1ccccc1)C1CCN(C(=O)N2CCC[C@H](NC(=O)C34CC5CC(C3)C(O)[C@H](C5)C4)C2)CC1. The van der Waals surface area contributed by atoms with Gasteiger partial charge in [0, 0.05) is 50.9 Å². The summed E-state index contributed by atoms with van der Waals surface area (Å²) in [4.78, 5) is 45.5. The topological polar surface area (TPSA) is 93.2 Å². The summed E-state index contributed by atoms with van der Waals surface area (Å²) in [6.07, 6.45) is 7.85. The zero-order chi connectivity index (χ0) is 26.4. The molecular weight excluding hydrogens is 480 g/mol. The molecule has 8 heteroatoms. The van der Waals surface area contributed by atoms with Crippen LogP contribution in [0.2, 0.25) is 0 Å². The molecule has 6 aliphatic rings. The molecular formula is C30H42N4O4. The number of nitrogens with one attached hydrogen (secondary N) is 1. The number of hydrogen-bond acceptors (Lipinski definition) is 4. The maximum absolute atomic E-state index is 13.6. The van der Waals surface area contributed by atoms with Crippen LogP contribution in [0.5, 0.6) is 0 Å². The summed E-state index contributed by atoms with van der Waals surface area (Å²) < 4.78 is 0. The van der Waals surface area contributed by atoms with Gasteiger partial charge in [-0.15, -0.1) is 0 Å². The molecule has 0 aromatic heterocycles. The van der Waals surface area contributed by atoms with E-state index in [4.69, 9.17) is 0 Å². The number of nitrogens with zero attached hydrogens (tertiary/aromatic N) is 3. The van der Waals surface area contributed by atoms with Crippen LogP contribution in [0, 0.1) is 23.2 Å². The summed E-state index contributed by atoms with van der Waals surface area (Å²) in [6, 6.07) is 9.52.